The first-order valence-electron chi connectivity index (χ1n) is 8.56. The van der Waals surface area contributed by atoms with Gasteiger partial charge in [0.1, 0.15) is 5.75 Å². The molecule has 8 heteroatoms. The normalized spacial score (nSPS) is 10.1. The lowest BCUT2D eigenvalue weighted by Crippen LogP contribution is -2.28. The van der Waals surface area contributed by atoms with E-state index < -0.39 is 17.8 Å². The van der Waals surface area contributed by atoms with Gasteiger partial charge in [0.15, 0.2) is 13.2 Å². The molecule has 0 aliphatic heterocycles. The molecule has 2 aromatic rings. The van der Waals surface area contributed by atoms with Crippen molar-refractivity contribution in [2.24, 2.45) is 5.73 Å². The zero-order valence-corrected chi connectivity index (χ0v) is 15.8. The van der Waals surface area contributed by atoms with Crippen LogP contribution in [0.3, 0.4) is 0 Å². The summed E-state index contributed by atoms with van der Waals surface area (Å²) < 4.78 is 10.1. The van der Waals surface area contributed by atoms with Crippen LogP contribution in [0.15, 0.2) is 48.5 Å². The van der Waals surface area contributed by atoms with Crippen LogP contribution in [0.4, 0.5) is 5.69 Å². The van der Waals surface area contributed by atoms with Gasteiger partial charge in [0.25, 0.3) is 11.8 Å². The van der Waals surface area contributed by atoms with E-state index in [1.54, 1.807) is 0 Å². The second-order valence-corrected chi connectivity index (χ2v) is 6.19. The van der Waals surface area contributed by atoms with Gasteiger partial charge in [-0.25, -0.2) is 4.79 Å². The van der Waals surface area contributed by atoms with Crippen molar-refractivity contribution in [3.63, 3.8) is 0 Å². The van der Waals surface area contributed by atoms with E-state index in [4.69, 9.17) is 15.2 Å². The molecule has 0 saturated carbocycles. The standard InChI is InChI=1S/C20H23N3O5/c1-23(2)16-7-3-14(4-8-16)11-22-19(25)13-28-20(26)15-5-9-17(10-6-15)27-12-18(21)24/h3-10H,11-13H2,1-2H3,(H2,21,24)(H,22,25). The van der Waals surface area contributed by atoms with Crippen LogP contribution in [0.1, 0.15) is 15.9 Å². The van der Waals surface area contributed by atoms with Gasteiger partial charge in [-0.05, 0) is 42.0 Å². The van der Waals surface area contributed by atoms with Crippen molar-refractivity contribution in [2.45, 2.75) is 6.54 Å². The lowest BCUT2D eigenvalue weighted by molar-refractivity contribution is -0.124. The molecule has 8 nitrogen and oxygen atoms in total. The molecule has 2 amide bonds. The van der Waals surface area contributed by atoms with Gasteiger partial charge in [-0.3, -0.25) is 9.59 Å². The van der Waals surface area contributed by atoms with E-state index in [-0.39, 0.29) is 18.8 Å². The van der Waals surface area contributed by atoms with Crippen LogP contribution in [0.25, 0.3) is 0 Å². The van der Waals surface area contributed by atoms with Crippen LogP contribution in [0.5, 0.6) is 5.75 Å². The Morgan fingerprint density at radius 2 is 1.61 bits per heavy atom. The average Bonchev–Trinajstić information content (AvgIpc) is 2.69. The zero-order valence-electron chi connectivity index (χ0n) is 15.8. The van der Waals surface area contributed by atoms with E-state index in [0.717, 1.165) is 11.3 Å². The number of hydrogen-bond acceptors (Lipinski definition) is 6. The number of carbonyl (C=O) groups excluding carboxylic acids is 3. The third-order valence-corrected chi connectivity index (χ3v) is 3.75. The summed E-state index contributed by atoms with van der Waals surface area (Å²) >= 11 is 0. The van der Waals surface area contributed by atoms with Gasteiger partial charge in [0.2, 0.25) is 0 Å². The van der Waals surface area contributed by atoms with Crippen LogP contribution >= 0.6 is 0 Å². The number of ether oxygens (including phenoxy) is 2. The van der Waals surface area contributed by atoms with Gasteiger partial charge in [-0.1, -0.05) is 12.1 Å². The van der Waals surface area contributed by atoms with Gasteiger partial charge >= 0.3 is 5.97 Å². The Kier molecular flexibility index (Phi) is 7.38. The molecule has 28 heavy (non-hydrogen) atoms. The number of nitrogens with zero attached hydrogens (tertiary/aromatic N) is 1. The Labute approximate surface area is 163 Å². The van der Waals surface area contributed by atoms with Crippen molar-refractivity contribution in [2.75, 3.05) is 32.2 Å². The number of nitrogens with one attached hydrogen (secondary N) is 1. The lowest BCUT2D eigenvalue weighted by Gasteiger charge is -2.13. The number of esters is 1. The van der Waals surface area contributed by atoms with E-state index in [0.29, 0.717) is 12.3 Å². The summed E-state index contributed by atoms with van der Waals surface area (Å²) in [6, 6.07) is 13.7. The van der Waals surface area contributed by atoms with Crippen LogP contribution in [0.2, 0.25) is 0 Å². The van der Waals surface area contributed by atoms with E-state index >= 15 is 0 Å². The molecular weight excluding hydrogens is 362 g/mol. The number of benzene rings is 2. The minimum atomic E-state index is -0.632. The van der Waals surface area contributed by atoms with Crippen LogP contribution in [0, 0.1) is 0 Å². The number of rotatable bonds is 9. The zero-order chi connectivity index (χ0) is 20.5. The first-order chi connectivity index (χ1) is 13.3. The fraction of sp³-hybridized carbons (Fsp3) is 0.250. The maximum absolute atomic E-state index is 12.0. The molecule has 0 spiro atoms. The molecular formula is C20H23N3O5. The molecule has 0 unspecified atom stereocenters. The predicted molar refractivity (Wildman–Crippen MR) is 104 cm³/mol. The predicted octanol–water partition coefficient (Wildman–Crippen LogP) is 1.09. The molecule has 148 valence electrons. The fourth-order valence-electron chi connectivity index (χ4n) is 2.22. The van der Waals surface area contributed by atoms with Crippen LogP contribution in [-0.2, 0) is 20.9 Å². The van der Waals surface area contributed by atoms with Gasteiger partial charge < -0.3 is 25.4 Å². The summed E-state index contributed by atoms with van der Waals surface area (Å²) in [4.78, 5) is 36.5. The number of primary amides is 1. The molecule has 0 fully saturated rings. The maximum atomic E-state index is 12.0. The van der Waals surface area contributed by atoms with Crippen molar-refractivity contribution in [3.05, 3.63) is 59.7 Å². The van der Waals surface area contributed by atoms with Crippen molar-refractivity contribution >= 4 is 23.5 Å². The van der Waals surface area contributed by atoms with Crippen LogP contribution in [-0.4, -0.2) is 45.1 Å². The number of carbonyl (C=O) groups is 3. The summed E-state index contributed by atoms with van der Waals surface area (Å²) in [6.45, 7) is -0.285. The molecule has 2 rings (SSSR count). The largest absolute Gasteiger partial charge is 0.484 e. The Morgan fingerprint density at radius 3 is 2.18 bits per heavy atom. The first kappa shape index (κ1) is 20.8. The molecule has 0 aliphatic rings. The molecule has 0 atom stereocenters. The molecule has 3 N–H and O–H groups in total. The summed E-state index contributed by atoms with van der Waals surface area (Å²) in [5.41, 5.74) is 7.26. The SMILES string of the molecule is CN(C)c1ccc(CNC(=O)COC(=O)c2ccc(OCC(N)=O)cc2)cc1. The van der Waals surface area contributed by atoms with Crippen molar-refractivity contribution in [1.82, 2.24) is 5.32 Å². The number of hydrogen-bond donors (Lipinski definition) is 2. The van der Waals surface area contributed by atoms with Gasteiger partial charge in [0, 0.05) is 26.3 Å². The number of anilines is 1. The second kappa shape index (κ2) is 9.96. The molecule has 0 saturated heterocycles. The highest BCUT2D eigenvalue weighted by Gasteiger charge is 2.10. The Hall–Kier alpha value is -3.55. The average molecular weight is 385 g/mol. The third-order valence-electron chi connectivity index (χ3n) is 3.75. The van der Waals surface area contributed by atoms with E-state index in [2.05, 4.69) is 5.32 Å². The highest BCUT2D eigenvalue weighted by molar-refractivity contribution is 5.91. The van der Waals surface area contributed by atoms with Gasteiger partial charge in [-0.15, -0.1) is 0 Å². The third kappa shape index (κ3) is 6.64. The topological polar surface area (TPSA) is 111 Å². The molecule has 2 aromatic carbocycles. The minimum Gasteiger partial charge on any atom is -0.484 e. The molecule has 0 bridgehead atoms. The Bertz CT molecular complexity index is 817. The smallest absolute Gasteiger partial charge is 0.338 e. The number of amides is 2. The first-order valence-corrected chi connectivity index (χ1v) is 8.56. The molecule has 0 aliphatic carbocycles. The van der Waals surface area contributed by atoms with Crippen molar-refractivity contribution in [1.29, 1.82) is 0 Å². The Balaban J connectivity index is 1.75. The highest BCUT2D eigenvalue weighted by Crippen LogP contribution is 2.13. The highest BCUT2D eigenvalue weighted by atomic mass is 16.5. The molecule has 0 heterocycles. The maximum Gasteiger partial charge on any atom is 0.338 e. The Morgan fingerprint density at radius 1 is 0.964 bits per heavy atom. The van der Waals surface area contributed by atoms with E-state index in [1.807, 2.05) is 43.3 Å². The summed E-state index contributed by atoms with van der Waals surface area (Å²) in [6.07, 6.45) is 0. The van der Waals surface area contributed by atoms with E-state index in [9.17, 15) is 14.4 Å². The van der Waals surface area contributed by atoms with E-state index in [1.165, 1.54) is 24.3 Å². The minimum absolute atomic E-state index is 0.248. The molecule has 0 radical (unpaired) electrons. The summed E-state index contributed by atoms with van der Waals surface area (Å²) in [5, 5.41) is 2.70. The number of nitrogens with two attached hydrogens (primary N) is 1. The van der Waals surface area contributed by atoms with Gasteiger partial charge in [0.05, 0.1) is 5.56 Å². The summed E-state index contributed by atoms with van der Waals surface area (Å²) in [5.74, 6) is -1.23. The monoisotopic (exact) mass is 385 g/mol. The lowest BCUT2D eigenvalue weighted by atomic mass is 10.2. The second-order valence-electron chi connectivity index (χ2n) is 6.19. The van der Waals surface area contributed by atoms with Crippen molar-refractivity contribution in [3.8, 4) is 5.75 Å². The molecule has 0 aromatic heterocycles. The van der Waals surface area contributed by atoms with Crippen molar-refractivity contribution < 1.29 is 23.9 Å². The quantitative estimate of drug-likeness (QED) is 0.625. The van der Waals surface area contributed by atoms with Gasteiger partial charge in [-0.2, -0.15) is 0 Å². The summed E-state index contributed by atoms with van der Waals surface area (Å²) in [7, 11) is 3.90. The van der Waals surface area contributed by atoms with Crippen LogP contribution < -0.4 is 20.7 Å². The fourth-order valence-corrected chi connectivity index (χ4v) is 2.22.